The minimum Gasteiger partial charge on any atom is -0.418 e. The van der Waals surface area contributed by atoms with E-state index in [1.165, 1.54) is 43.7 Å². The fraction of sp³-hybridized carbons (Fsp3) is 0.273. The van der Waals surface area contributed by atoms with Crippen molar-refractivity contribution in [2.75, 3.05) is 0 Å². The number of azo groups is 2. The van der Waals surface area contributed by atoms with Crippen molar-refractivity contribution in [2.24, 2.45) is 27.5 Å². The van der Waals surface area contributed by atoms with Crippen LogP contribution in [0.3, 0.4) is 0 Å². The molecule has 1 spiro atoms. The van der Waals surface area contributed by atoms with Gasteiger partial charge in [-0.25, -0.2) is 0 Å². The number of ether oxygens (including phenoxy) is 3. The summed E-state index contributed by atoms with van der Waals surface area (Å²) in [6, 6.07) is 10.9. The minimum atomic E-state index is -2.50. The van der Waals surface area contributed by atoms with E-state index in [2.05, 4.69) is 20.5 Å². The predicted octanol–water partition coefficient (Wildman–Crippen LogP) is 6.41. The highest BCUT2D eigenvalue weighted by molar-refractivity contribution is 5.64. The maximum Gasteiger partial charge on any atom is 0.424 e. The van der Waals surface area contributed by atoms with Crippen molar-refractivity contribution in [3.8, 4) is 29.6 Å². The largest absolute Gasteiger partial charge is 0.424 e. The number of nitrogens with zero attached hydrogens (tertiary/aromatic N) is 10. The van der Waals surface area contributed by atoms with Crippen LogP contribution in [0.15, 0.2) is 66.4 Å². The summed E-state index contributed by atoms with van der Waals surface area (Å²) in [7, 11) is 1.30. The van der Waals surface area contributed by atoms with Crippen LogP contribution in [0.25, 0.3) is 0 Å². The van der Waals surface area contributed by atoms with E-state index < -0.39 is 33.4 Å². The molecule has 0 amide bonds. The van der Waals surface area contributed by atoms with Gasteiger partial charge in [-0.05, 0) is 38.0 Å². The first-order chi connectivity index (χ1) is 24.8. The molecule has 0 aliphatic carbocycles. The number of rotatable bonds is 5. The lowest BCUT2D eigenvalue weighted by Gasteiger charge is -2.35. The SMILES string of the molecule is CCCCn1c2c(c(C)c(C#N)c1=O)N=Nc1cc([N+](=O)[O-])ccc1CC1(Oc3ccc([N+](=O)[O-])cc3N=Nc3c(C)c(C#N)c(=O)n(C)c3O1)O2. The van der Waals surface area contributed by atoms with Crippen LogP contribution in [0, 0.1) is 56.7 Å². The van der Waals surface area contributed by atoms with Gasteiger partial charge < -0.3 is 14.2 Å². The van der Waals surface area contributed by atoms with Crippen molar-refractivity contribution in [2.45, 2.75) is 52.6 Å². The molecule has 0 saturated carbocycles. The highest BCUT2D eigenvalue weighted by atomic mass is 16.9. The summed E-state index contributed by atoms with van der Waals surface area (Å²) in [5, 5.41) is 60.6. The number of hydrogen-bond acceptors (Lipinski definition) is 15. The van der Waals surface area contributed by atoms with E-state index >= 15 is 0 Å². The first kappa shape index (κ1) is 34.6. The maximum atomic E-state index is 13.8. The number of nitro groups is 2. The van der Waals surface area contributed by atoms with Crippen molar-refractivity contribution >= 4 is 34.1 Å². The molecule has 0 N–H and O–H groups in total. The Kier molecular flexibility index (Phi) is 8.78. The molecule has 262 valence electrons. The van der Waals surface area contributed by atoms with Gasteiger partial charge >= 0.3 is 5.97 Å². The van der Waals surface area contributed by atoms with Crippen molar-refractivity contribution in [3.05, 3.63) is 105 Å². The molecule has 6 rings (SSSR count). The fourth-order valence-electron chi connectivity index (χ4n) is 5.66. The van der Waals surface area contributed by atoms with Crippen LogP contribution >= 0.6 is 0 Å². The molecule has 4 aromatic rings. The molecule has 1 unspecified atom stereocenters. The first-order valence-electron chi connectivity index (χ1n) is 15.6. The van der Waals surface area contributed by atoms with E-state index in [0.717, 1.165) is 22.8 Å². The molecule has 2 aliphatic heterocycles. The zero-order chi connectivity index (χ0) is 37.5. The zero-order valence-electron chi connectivity index (χ0n) is 27.9. The second-order valence-electron chi connectivity index (χ2n) is 11.8. The average molecular weight is 707 g/mol. The van der Waals surface area contributed by atoms with Gasteiger partial charge in [-0.15, -0.1) is 20.5 Å². The van der Waals surface area contributed by atoms with Crippen LogP contribution in [-0.4, -0.2) is 25.0 Å². The van der Waals surface area contributed by atoms with Crippen LogP contribution in [-0.2, 0) is 20.0 Å². The standard InChI is InChI=1S/C33H26N10O9/c1-5-6-11-41-30(45)23(16-35)18(3)28-32(41)52-33(14-19-7-8-20(42(46)47)12-24(19)36-39-28)50-26-10-9-21(43(48)49)13-25(26)37-38-27-17(2)22(15-34)29(44)40(4)31(27)51-33/h7-10,12-13H,5-6,11,14H2,1-4H3. The highest BCUT2D eigenvalue weighted by Gasteiger charge is 2.46. The lowest BCUT2D eigenvalue weighted by molar-refractivity contribution is -0.385. The molecule has 0 saturated heterocycles. The number of aromatic nitrogens is 2. The summed E-state index contributed by atoms with van der Waals surface area (Å²) in [4.78, 5) is 49.6. The third-order valence-corrected chi connectivity index (χ3v) is 8.48. The fourth-order valence-corrected chi connectivity index (χ4v) is 5.66. The number of nitro benzene ring substituents is 2. The quantitative estimate of drug-likeness (QED) is 0.162. The average Bonchev–Trinajstić information content (AvgIpc) is 3.22. The van der Waals surface area contributed by atoms with Crippen molar-refractivity contribution in [1.82, 2.24) is 9.13 Å². The zero-order valence-corrected chi connectivity index (χ0v) is 27.9. The number of hydrogen-bond donors (Lipinski definition) is 0. The van der Waals surface area contributed by atoms with Crippen LogP contribution in [0.4, 0.5) is 34.1 Å². The molecule has 0 fully saturated rings. The molecule has 52 heavy (non-hydrogen) atoms. The molecule has 4 heterocycles. The predicted molar refractivity (Wildman–Crippen MR) is 179 cm³/mol. The van der Waals surface area contributed by atoms with Gasteiger partial charge in [0.25, 0.3) is 22.5 Å². The lowest BCUT2D eigenvalue weighted by Crippen LogP contribution is -2.52. The van der Waals surface area contributed by atoms with Crippen LogP contribution in [0.1, 0.15) is 47.6 Å². The number of nitriles is 2. The van der Waals surface area contributed by atoms with E-state index in [4.69, 9.17) is 14.2 Å². The molecule has 2 aromatic carbocycles. The van der Waals surface area contributed by atoms with E-state index in [0.29, 0.717) is 12.8 Å². The maximum absolute atomic E-state index is 13.8. The van der Waals surface area contributed by atoms with E-state index in [9.17, 15) is 40.3 Å². The third-order valence-electron chi connectivity index (χ3n) is 8.48. The van der Waals surface area contributed by atoms with Gasteiger partial charge in [0.05, 0.1) is 22.0 Å². The summed E-state index contributed by atoms with van der Waals surface area (Å²) in [5.41, 5.74) is -2.93. The van der Waals surface area contributed by atoms with E-state index in [-0.39, 0.29) is 86.0 Å². The Hall–Kier alpha value is -7.28. The Morgan fingerprint density at radius 3 is 2.00 bits per heavy atom. The highest BCUT2D eigenvalue weighted by Crippen LogP contribution is 2.46. The Balaban J connectivity index is 1.77. The second-order valence-corrected chi connectivity index (χ2v) is 11.8. The normalized spacial score (nSPS) is 15.5. The minimum absolute atomic E-state index is 0.0316. The number of non-ortho nitro benzene ring substituents is 2. The smallest absolute Gasteiger partial charge is 0.418 e. The van der Waals surface area contributed by atoms with Crippen LogP contribution in [0.5, 0.6) is 17.5 Å². The number of pyridine rings is 2. The van der Waals surface area contributed by atoms with Crippen molar-refractivity contribution in [3.63, 3.8) is 0 Å². The van der Waals surface area contributed by atoms with Crippen LogP contribution in [0.2, 0.25) is 0 Å². The molecule has 19 nitrogen and oxygen atoms in total. The number of benzene rings is 2. The van der Waals surface area contributed by atoms with Gasteiger partial charge in [0, 0.05) is 49.0 Å². The van der Waals surface area contributed by atoms with Gasteiger partial charge in [-0.1, -0.05) is 13.3 Å². The van der Waals surface area contributed by atoms with Gasteiger partial charge in [-0.2, -0.15) is 10.5 Å². The van der Waals surface area contributed by atoms with Gasteiger partial charge in [0.15, 0.2) is 17.1 Å². The van der Waals surface area contributed by atoms with Crippen molar-refractivity contribution < 1.29 is 24.1 Å². The summed E-state index contributed by atoms with van der Waals surface area (Å²) < 4.78 is 21.9. The van der Waals surface area contributed by atoms with Gasteiger partial charge in [0.1, 0.15) is 29.0 Å². The molecule has 2 aliphatic rings. The molecule has 1 atom stereocenters. The van der Waals surface area contributed by atoms with Gasteiger partial charge in [0.2, 0.25) is 11.8 Å². The van der Waals surface area contributed by atoms with Crippen LogP contribution < -0.4 is 25.3 Å². The Morgan fingerprint density at radius 2 is 1.38 bits per heavy atom. The Morgan fingerprint density at radius 1 is 0.827 bits per heavy atom. The molecule has 2 aromatic heterocycles. The Bertz CT molecular complexity index is 2490. The van der Waals surface area contributed by atoms with Gasteiger partial charge in [-0.3, -0.25) is 39.0 Å². The summed E-state index contributed by atoms with van der Waals surface area (Å²) in [6.45, 7) is 4.80. The number of fused-ring (bicyclic) bond motifs is 4. The molecule has 0 bridgehead atoms. The third kappa shape index (κ3) is 5.85. The summed E-state index contributed by atoms with van der Waals surface area (Å²) >= 11 is 0. The molecule has 0 radical (unpaired) electrons. The summed E-state index contributed by atoms with van der Waals surface area (Å²) in [6.07, 6.45) is 0.583. The number of unbranched alkanes of at least 4 members (excludes halogenated alkanes) is 1. The lowest BCUT2D eigenvalue weighted by atomic mass is 10.1. The first-order valence-corrected chi connectivity index (χ1v) is 15.6. The second kappa shape index (κ2) is 13.2. The Labute approximate surface area is 292 Å². The topological polar surface area (TPSA) is 255 Å². The molecule has 19 heteroatoms. The van der Waals surface area contributed by atoms with E-state index in [1.54, 1.807) is 0 Å². The monoisotopic (exact) mass is 706 g/mol. The van der Waals surface area contributed by atoms with E-state index in [1.807, 2.05) is 19.1 Å². The summed E-state index contributed by atoms with van der Waals surface area (Å²) in [5.74, 6) is -3.26. The molecular formula is C33H26N10O9. The molecular weight excluding hydrogens is 680 g/mol. The van der Waals surface area contributed by atoms with Crippen molar-refractivity contribution in [1.29, 1.82) is 10.5 Å².